The summed E-state index contributed by atoms with van der Waals surface area (Å²) in [5.41, 5.74) is -0.952. The molecular formula is C10H23NO3S. The molecule has 5 heteroatoms. The molecule has 0 aromatic heterocycles. The first-order valence-electron chi connectivity index (χ1n) is 5.35. The summed E-state index contributed by atoms with van der Waals surface area (Å²) in [6.07, 6.45) is 0.281. The molecule has 0 rings (SSSR count). The third kappa shape index (κ3) is 7.76. The highest BCUT2D eigenvalue weighted by Crippen LogP contribution is 2.10. The van der Waals surface area contributed by atoms with Gasteiger partial charge < -0.3 is 10.4 Å². The molecule has 0 amide bonds. The zero-order chi connectivity index (χ0) is 12.1. The molecule has 0 saturated carbocycles. The molecule has 2 N–H and O–H groups in total. The Balaban J connectivity index is 4.04. The molecule has 1 atom stereocenters. The van der Waals surface area contributed by atoms with Crippen molar-refractivity contribution in [2.75, 3.05) is 18.1 Å². The van der Waals surface area contributed by atoms with E-state index in [1.807, 2.05) is 13.8 Å². The van der Waals surface area contributed by atoms with Crippen LogP contribution in [0.15, 0.2) is 0 Å². The van der Waals surface area contributed by atoms with Gasteiger partial charge in [0.25, 0.3) is 0 Å². The highest BCUT2D eigenvalue weighted by atomic mass is 32.2. The van der Waals surface area contributed by atoms with Gasteiger partial charge in [0, 0.05) is 18.3 Å². The summed E-state index contributed by atoms with van der Waals surface area (Å²) in [7, 11) is -2.98. The molecule has 1 unspecified atom stereocenters. The van der Waals surface area contributed by atoms with Crippen molar-refractivity contribution < 1.29 is 13.5 Å². The van der Waals surface area contributed by atoms with E-state index in [0.29, 0.717) is 12.6 Å². The van der Waals surface area contributed by atoms with Gasteiger partial charge >= 0.3 is 0 Å². The number of hydrogen-bond acceptors (Lipinski definition) is 4. The molecule has 0 heterocycles. The fourth-order valence-corrected chi connectivity index (χ4v) is 2.07. The van der Waals surface area contributed by atoms with Crippen molar-refractivity contribution in [3.8, 4) is 0 Å². The zero-order valence-corrected chi connectivity index (χ0v) is 10.9. The largest absolute Gasteiger partial charge is 0.389 e. The van der Waals surface area contributed by atoms with Gasteiger partial charge in [-0.25, -0.2) is 8.42 Å². The van der Waals surface area contributed by atoms with Crippen LogP contribution in [-0.4, -0.2) is 43.2 Å². The average molecular weight is 237 g/mol. The molecule has 0 saturated heterocycles. The second-order valence-corrected chi connectivity index (χ2v) is 6.99. The van der Waals surface area contributed by atoms with E-state index >= 15 is 0 Å². The van der Waals surface area contributed by atoms with Crippen LogP contribution in [0.5, 0.6) is 0 Å². The Morgan fingerprint density at radius 2 is 1.93 bits per heavy atom. The number of rotatable bonds is 7. The van der Waals surface area contributed by atoms with Crippen molar-refractivity contribution in [2.24, 2.45) is 0 Å². The number of sulfone groups is 1. The van der Waals surface area contributed by atoms with Gasteiger partial charge in [-0.2, -0.15) is 0 Å². The monoisotopic (exact) mass is 237 g/mol. The van der Waals surface area contributed by atoms with Gasteiger partial charge in [0.15, 0.2) is 0 Å². The Kier molecular flexibility index (Phi) is 5.77. The van der Waals surface area contributed by atoms with E-state index in [1.165, 1.54) is 0 Å². The van der Waals surface area contributed by atoms with E-state index in [9.17, 15) is 13.5 Å². The van der Waals surface area contributed by atoms with Crippen LogP contribution in [0.2, 0.25) is 0 Å². The van der Waals surface area contributed by atoms with Gasteiger partial charge in [-0.1, -0.05) is 20.8 Å². The quantitative estimate of drug-likeness (QED) is 0.679. The Morgan fingerprint density at radius 3 is 2.33 bits per heavy atom. The van der Waals surface area contributed by atoms with Gasteiger partial charge in [0.2, 0.25) is 0 Å². The fourth-order valence-electron chi connectivity index (χ4n) is 1.03. The number of nitrogens with one attached hydrogen (secondary N) is 1. The van der Waals surface area contributed by atoms with Crippen molar-refractivity contribution in [3.63, 3.8) is 0 Å². The van der Waals surface area contributed by atoms with E-state index in [0.717, 1.165) is 0 Å². The third-order valence-electron chi connectivity index (χ3n) is 2.28. The number of hydrogen-bond donors (Lipinski definition) is 2. The third-order valence-corrected chi connectivity index (χ3v) is 3.99. The lowest BCUT2D eigenvalue weighted by Crippen LogP contribution is -2.41. The van der Waals surface area contributed by atoms with Crippen LogP contribution in [0.1, 0.15) is 34.1 Å². The molecule has 0 aromatic rings. The van der Waals surface area contributed by atoms with E-state index in [1.54, 1.807) is 13.8 Å². The molecular weight excluding hydrogens is 214 g/mol. The van der Waals surface area contributed by atoms with Crippen LogP contribution in [0.25, 0.3) is 0 Å². The molecule has 92 valence electrons. The minimum Gasteiger partial charge on any atom is -0.389 e. The van der Waals surface area contributed by atoms with Crippen LogP contribution in [0, 0.1) is 0 Å². The van der Waals surface area contributed by atoms with Crippen molar-refractivity contribution >= 4 is 9.84 Å². The molecule has 0 spiro atoms. The number of aliphatic hydroxyl groups is 1. The van der Waals surface area contributed by atoms with Gasteiger partial charge in [-0.05, 0) is 13.3 Å². The van der Waals surface area contributed by atoms with Gasteiger partial charge in [-0.3, -0.25) is 0 Å². The first-order chi connectivity index (χ1) is 6.68. The molecule has 0 radical (unpaired) electrons. The molecule has 0 aliphatic heterocycles. The van der Waals surface area contributed by atoms with Crippen molar-refractivity contribution in [3.05, 3.63) is 0 Å². The fraction of sp³-hybridized carbons (Fsp3) is 1.00. The maximum absolute atomic E-state index is 11.3. The normalized spacial score (nSPS) is 16.7. The molecule has 0 aromatic carbocycles. The first kappa shape index (κ1) is 14.9. The predicted octanol–water partition coefficient (Wildman–Crippen LogP) is 0.560. The van der Waals surface area contributed by atoms with Crippen molar-refractivity contribution in [1.82, 2.24) is 5.32 Å². The molecule has 0 bridgehead atoms. The van der Waals surface area contributed by atoms with Crippen LogP contribution in [0.4, 0.5) is 0 Å². The molecule has 15 heavy (non-hydrogen) atoms. The maximum Gasteiger partial charge on any atom is 0.150 e. The molecule has 0 fully saturated rings. The van der Waals surface area contributed by atoms with E-state index in [2.05, 4.69) is 5.32 Å². The lowest BCUT2D eigenvalue weighted by molar-refractivity contribution is 0.0546. The van der Waals surface area contributed by atoms with Crippen molar-refractivity contribution in [2.45, 2.75) is 45.8 Å². The highest BCUT2D eigenvalue weighted by Gasteiger charge is 2.23. The molecule has 4 nitrogen and oxygen atoms in total. The first-order valence-corrected chi connectivity index (χ1v) is 7.17. The molecule has 0 aliphatic carbocycles. The Bertz CT molecular complexity index is 270. The smallest absolute Gasteiger partial charge is 0.150 e. The minimum atomic E-state index is -2.98. The van der Waals surface area contributed by atoms with Gasteiger partial charge in [0.05, 0.1) is 11.4 Å². The summed E-state index contributed by atoms with van der Waals surface area (Å²) in [4.78, 5) is 0. The van der Waals surface area contributed by atoms with Crippen LogP contribution >= 0.6 is 0 Å². The second kappa shape index (κ2) is 5.82. The summed E-state index contributed by atoms with van der Waals surface area (Å²) in [5, 5.41) is 13.0. The summed E-state index contributed by atoms with van der Waals surface area (Å²) in [6.45, 7) is 7.67. The zero-order valence-electron chi connectivity index (χ0n) is 10.1. The lowest BCUT2D eigenvalue weighted by atomic mass is 10.0. The standard InChI is InChI=1S/C10H23NO3S/c1-5-15(13,14)7-6-10(4,12)8-11-9(2)3/h9,11-12H,5-8H2,1-4H3. The second-order valence-electron chi connectivity index (χ2n) is 4.52. The van der Waals surface area contributed by atoms with E-state index < -0.39 is 15.4 Å². The molecule has 0 aliphatic rings. The minimum absolute atomic E-state index is 0.0519. The predicted molar refractivity (Wildman–Crippen MR) is 62.7 cm³/mol. The van der Waals surface area contributed by atoms with Crippen LogP contribution < -0.4 is 5.32 Å². The van der Waals surface area contributed by atoms with Crippen LogP contribution in [-0.2, 0) is 9.84 Å². The van der Waals surface area contributed by atoms with Gasteiger partial charge in [-0.15, -0.1) is 0 Å². The summed E-state index contributed by atoms with van der Waals surface area (Å²) < 4.78 is 22.5. The Hall–Kier alpha value is -0.130. The highest BCUT2D eigenvalue weighted by molar-refractivity contribution is 7.91. The van der Waals surface area contributed by atoms with Gasteiger partial charge in [0.1, 0.15) is 9.84 Å². The Morgan fingerprint density at radius 1 is 1.40 bits per heavy atom. The van der Waals surface area contributed by atoms with E-state index in [4.69, 9.17) is 0 Å². The topological polar surface area (TPSA) is 66.4 Å². The SMILES string of the molecule is CCS(=O)(=O)CCC(C)(O)CNC(C)C. The summed E-state index contributed by atoms with van der Waals surface area (Å²) >= 11 is 0. The average Bonchev–Trinajstić information content (AvgIpc) is 2.13. The van der Waals surface area contributed by atoms with Crippen molar-refractivity contribution in [1.29, 1.82) is 0 Å². The Labute approximate surface area is 93.0 Å². The van der Waals surface area contributed by atoms with Crippen LogP contribution in [0.3, 0.4) is 0 Å². The summed E-state index contributed by atoms with van der Waals surface area (Å²) in [5.74, 6) is 0.191. The van der Waals surface area contributed by atoms with E-state index in [-0.39, 0.29) is 17.9 Å². The lowest BCUT2D eigenvalue weighted by Gasteiger charge is -2.24. The maximum atomic E-state index is 11.3. The summed E-state index contributed by atoms with van der Waals surface area (Å²) in [6, 6.07) is 0.291.